The van der Waals surface area contributed by atoms with E-state index in [1.807, 2.05) is 6.07 Å². The molecule has 0 N–H and O–H groups in total. The predicted octanol–water partition coefficient (Wildman–Crippen LogP) is 19.6. The van der Waals surface area contributed by atoms with Crippen LogP contribution in [0.4, 0.5) is 34.1 Å². The van der Waals surface area contributed by atoms with Gasteiger partial charge in [0.05, 0.1) is 5.69 Å². The summed E-state index contributed by atoms with van der Waals surface area (Å²) in [5, 5.41) is 4.29. The van der Waals surface area contributed by atoms with Crippen LogP contribution in [0.25, 0.3) is 88.4 Å². The van der Waals surface area contributed by atoms with Gasteiger partial charge in [0.25, 0.3) is 13.4 Å². The smallest absolute Gasteiger partial charge is 0.256 e. The first-order chi connectivity index (χ1) is 45.9. The zero-order valence-corrected chi connectivity index (χ0v) is 53.1. The second-order valence-corrected chi connectivity index (χ2v) is 27.9. The van der Waals surface area contributed by atoms with Crippen LogP contribution in [0.5, 0.6) is 23.0 Å². The highest BCUT2D eigenvalue weighted by Crippen LogP contribution is 2.53. The van der Waals surface area contributed by atoms with E-state index in [1.54, 1.807) is 0 Å². The average Bonchev–Trinajstić information content (AvgIpc) is 0.896. The monoisotopic (exact) mass is 1210 g/mol. The lowest BCUT2D eigenvalue weighted by atomic mass is 9.30. The molecule has 19 rings (SSSR count). The number of hydrogen-bond acceptors (Lipinski definition) is 6. The van der Waals surface area contributed by atoms with Crippen molar-refractivity contribution in [3.8, 4) is 67.5 Å². The van der Waals surface area contributed by atoms with Crippen molar-refractivity contribution in [3.63, 3.8) is 0 Å². The van der Waals surface area contributed by atoms with Crippen molar-refractivity contribution in [1.82, 2.24) is 0 Å². The summed E-state index contributed by atoms with van der Waals surface area (Å²) in [6.07, 6.45) is 0. The van der Waals surface area contributed by atoms with Crippen molar-refractivity contribution in [2.24, 2.45) is 0 Å². The molecule has 0 saturated heterocycles. The third-order valence-corrected chi connectivity index (χ3v) is 20.3. The minimum Gasteiger partial charge on any atom is -0.458 e. The molecular formula is C86H62B2N2O4. The van der Waals surface area contributed by atoms with Gasteiger partial charge in [-0.25, -0.2) is 0 Å². The zero-order valence-electron chi connectivity index (χ0n) is 53.1. The van der Waals surface area contributed by atoms with E-state index < -0.39 is 0 Å². The second kappa shape index (κ2) is 20.1. The second-order valence-electron chi connectivity index (χ2n) is 27.9. The van der Waals surface area contributed by atoms with E-state index in [4.69, 9.17) is 18.3 Å². The van der Waals surface area contributed by atoms with E-state index in [9.17, 15) is 0 Å². The predicted molar refractivity (Wildman–Crippen MR) is 392 cm³/mol. The quantitative estimate of drug-likeness (QED) is 0.155. The molecule has 0 unspecified atom stereocenters. The molecule has 6 nitrogen and oxygen atoms in total. The van der Waals surface area contributed by atoms with Crippen LogP contribution in [-0.4, -0.2) is 13.4 Å². The fraction of sp³-hybridized carbons (Fsp3) is 0.0930. The lowest BCUT2D eigenvalue weighted by Crippen LogP contribution is -2.64. The van der Waals surface area contributed by atoms with Crippen LogP contribution >= 0.6 is 0 Å². The number of para-hydroxylation sites is 4. The Morgan fingerprint density at radius 2 is 0.713 bits per heavy atom. The lowest BCUT2D eigenvalue weighted by Gasteiger charge is -2.45. The van der Waals surface area contributed by atoms with Crippen molar-refractivity contribution in [2.75, 3.05) is 9.80 Å². The zero-order chi connectivity index (χ0) is 62.9. The van der Waals surface area contributed by atoms with Gasteiger partial charge in [-0.3, -0.25) is 0 Å². The molecular weight excluding hydrogens is 1150 g/mol. The third kappa shape index (κ3) is 8.18. The molecule has 8 heteroatoms. The van der Waals surface area contributed by atoms with Crippen LogP contribution in [0.1, 0.15) is 52.7 Å². The number of rotatable bonds is 6. The van der Waals surface area contributed by atoms with Crippen LogP contribution in [-0.2, 0) is 10.8 Å². The fourth-order valence-electron chi connectivity index (χ4n) is 15.8. The molecule has 4 aliphatic heterocycles. The first-order valence-corrected chi connectivity index (χ1v) is 32.8. The van der Waals surface area contributed by atoms with Gasteiger partial charge in [-0.2, -0.15) is 0 Å². The van der Waals surface area contributed by atoms with Crippen molar-refractivity contribution in [1.29, 1.82) is 0 Å². The summed E-state index contributed by atoms with van der Waals surface area (Å²) in [6.45, 7) is 13.2. The Kier molecular flexibility index (Phi) is 11.7. The summed E-state index contributed by atoms with van der Waals surface area (Å²) in [5.41, 5.74) is 27.4. The van der Waals surface area contributed by atoms with Crippen molar-refractivity contribution in [2.45, 2.75) is 52.4 Å². The number of anilines is 6. The summed E-state index contributed by atoms with van der Waals surface area (Å²) < 4.78 is 28.4. The van der Waals surface area contributed by atoms with E-state index in [1.165, 1.54) is 22.1 Å². The molecule has 0 amide bonds. The maximum absolute atomic E-state index is 7.63. The average molecular weight is 1210 g/mol. The van der Waals surface area contributed by atoms with Gasteiger partial charge in [0, 0.05) is 61.1 Å². The Morgan fingerprint density at radius 1 is 0.298 bits per heavy atom. The highest BCUT2D eigenvalue weighted by Gasteiger charge is 2.48. The summed E-state index contributed by atoms with van der Waals surface area (Å²) in [7, 11) is 0. The van der Waals surface area contributed by atoms with E-state index in [0.717, 1.165) is 167 Å². The van der Waals surface area contributed by atoms with Gasteiger partial charge in [-0.1, -0.05) is 230 Å². The number of fused-ring (bicyclic) bond motifs is 14. The first-order valence-electron chi connectivity index (χ1n) is 32.8. The largest absolute Gasteiger partial charge is 0.458 e. The van der Waals surface area contributed by atoms with E-state index in [0.29, 0.717) is 0 Å². The summed E-state index contributed by atoms with van der Waals surface area (Å²) >= 11 is 0. The van der Waals surface area contributed by atoms with E-state index >= 15 is 0 Å². The van der Waals surface area contributed by atoms with Gasteiger partial charge in [0.2, 0.25) is 0 Å². The molecule has 0 aliphatic carbocycles. The van der Waals surface area contributed by atoms with Gasteiger partial charge in [-0.15, -0.1) is 0 Å². The minimum atomic E-state index is -0.260. The van der Waals surface area contributed by atoms with Crippen LogP contribution in [0.15, 0.2) is 276 Å². The molecule has 6 heterocycles. The molecule has 0 atom stereocenters. The molecule has 446 valence electrons. The lowest BCUT2D eigenvalue weighted by molar-refractivity contribution is 0.483. The molecule has 2 aromatic heterocycles. The minimum absolute atomic E-state index is 0.136. The van der Waals surface area contributed by atoms with E-state index in [-0.39, 0.29) is 24.3 Å². The fourth-order valence-corrected chi connectivity index (χ4v) is 15.8. The van der Waals surface area contributed by atoms with Gasteiger partial charge in [0.1, 0.15) is 45.3 Å². The Hall–Kier alpha value is -11.2. The Labute approximate surface area is 547 Å². The molecule has 15 aromatic rings. The van der Waals surface area contributed by atoms with Crippen LogP contribution in [0.2, 0.25) is 0 Å². The van der Waals surface area contributed by atoms with Crippen molar-refractivity contribution < 1.29 is 18.3 Å². The van der Waals surface area contributed by atoms with Crippen molar-refractivity contribution in [3.05, 3.63) is 278 Å². The third-order valence-electron chi connectivity index (χ3n) is 20.3. The highest BCUT2D eigenvalue weighted by molar-refractivity contribution is 7.02. The molecule has 0 radical (unpaired) electrons. The van der Waals surface area contributed by atoms with Gasteiger partial charge >= 0.3 is 0 Å². The normalized spacial score (nSPS) is 13.5. The van der Waals surface area contributed by atoms with Crippen LogP contribution in [0.3, 0.4) is 0 Å². The van der Waals surface area contributed by atoms with Gasteiger partial charge < -0.3 is 28.1 Å². The van der Waals surface area contributed by atoms with Gasteiger partial charge in [-0.05, 0) is 167 Å². The molecule has 0 bridgehead atoms. The Morgan fingerprint density at radius 3 is 1.20 bits per heavy atom. The molecule has 0 spiro atoms. The number of hydrogen-bond donors (Lipinski definition) is 0. The molecule has 0 fully saturated rings. The van der Waals surface area contributed by atoms with Crippen LogP contribution < -0.4 is 52.1 Å². The molecule has 0 saturated carbocycles. The first kappa shape index (κ1) is 54.5. The standard InChI is InChI=1S/C86H62B2N2O4/c1-85(2,3)55-39-41-64-76(47-55)93-78-45-53(58-31-21-37-74-80(58)62-29-16-18-35-72(62)91-74)43-70-82(78)87(64)66-49-67-69(50-68(66)89(70)57-27-14-9-15-28-57)90(84-60(51-23-10-7-11-24-51)33-20-34-61(84)52-25-12-8-13-26-52)71-44-54(59-32-22-38-75-81(59)63-30-17-19-36-73(63)92-75)46-79-83(71)88(67)65-42-40-56(86(4,5)6)48-77(65)94-79/h7-50H,1-6H3. The topological polar surface area (TPSA) is 51.2 Å². The maximum atomic E-state index is 7.63. The van der Waals surface area contributed by atoms with Gasteiger partial charge in [0.15, 0.2) is 0 Å². The summed E-state index contributed by atoms with van der Waals surface area (Å²) in [6, 6.07) is 97.9. The number of ether oxygens (including phenoxy) is 2. The van der Waals surface area contributed by atoms with E-state index in [2.05, 4.69) is 312 Å². The highest BCUT2D eigenvalue weighted by atomic mass is 16.5. The number of nitrogens with zero attached hydrogens (tertiary/aromatic N) is 2. The number of furan rings is 2. The molecule has 13 aromatic carbocycles. The maximum Gasteiger partial charge on any atom is 0.256 e. The summed E-state index contributed by atoms with van der Waals surface area (Å²) in [5.74, 6) is 3.40. The van der Waals surface area contributed by atoms with Crippen molar-refractivity contribution >= 4 is 124 Å². The Balaban J connectivity index is 0.965. The SMILES string of the molecule is CC(C)(C)c1ccc2c(c1)Oc1cc(-c3cccc4oc5ccccc5c34)cc3c1B2c1cc2c(cc1N3c1ccccc1)N(c1c(-c3ccccc3)cccc1-c1ccccc1)c1cc(-c3cccc4oc5ccccc5c34)cc3c1B2c1ccc(C(C)(C)C)cc1O3. The van der Waals surface area contributed by atoms with Crippen LogP contribution in [0, 0.1) is 0 Å². The Bertz CT molecular complexity index is 5620. The summed E-state index contributed by atoms with van der Waals surface area (Å²) in [4.78, 5) is 5.14. The number of benzene rings is 13. The molecule has 94 heavy (non-hydrogen) atoms. The molecule has 4 aliphatic rings.